The molecular weight excluding hydrogens is 430 g/mol. The highest BCUT2D eigenvalue weighted by molar-refractivity contribution is 9.10. The van der Waals surface area contributed by atoms with Crippen LogP contribution in [0.4, 0.5) is 5.69 Å². The Morgan fingerprint density at radius 2 is 1.92 bits per heavy atom. The van der Waals surface area contributed by atoms with E-state index in [0.29, 0.717) is 15.7 Å². The number of halogens is 2. The summed E-state index contributed by atoms with van der Waals surface area (Å²) in [4.78, 5) is 38.3. The van der Waals surface area contributed by atoms with Crippen LogP contribution >= 0.6 is 27.5 Å². The van der Waals surface area contributed by atoms with Gasteiger partial charge in [0.2, 0.25) is 0 Å². The predicted octanol–water partition coefficient (Wildman–Crippen LogP) is 2.65. The van der Waals surface area contributed by atoms with Gasteiger partial charge in [-0.1, -0.05) is 15.9 Å². The molecule has 0 atom stereocenters. The van der Waals surface area contributed by atoms with Crippen molar-refractivity contribution in [2.24, 2.45) is 0 Å². The maximum atomic E-state index is 12.4. The normalized spacial score (nSPS) is 14.2. The molecule has 0 aromatic heterocycles. The van der Waals surface area contributed by atoms with E-state index in [0.717, 1.165) is 0 Å². The number of Topliss-reactive ketones (excluding diaryl/α,β-unsaturated/α-hetero) is 1. The Hall–Kier alpha value is -1.90. The minimum Gasteiger partial charge on any atom is -0.466 e. The van der Waals surface area contributed by atoms with Gasteiger partial charge in [0, 0.05) is 22.3 Å². The summed E-state index contributed by atoms with van der Waals surface area (Å²) in [5.41, 5.74) is 0.742. The lowest BCUT2D eigenvalue weighted by Gasteiger charge is -2.32. The second-order valence-corrected chi connectivity index (χ2v) is 6.53. The van der Waals surface area contributed by atoms with Crippen LogP contribution in [0, 0.1) is 0 Å². The third-order valence-electron chi connectivity index (χ3n) is 3.71. The number of hydrogen-bond acceptors (Lipinski definition) is 7. The van der Waals surface area contributed by atoms with Crippen LogP contribution in [0.15, 0.2) is 33.9 Å². The van der Waals surface area contributed by atoms with Crippen LogP contribution in [-0.2, 0) is 23.8 Å². The number of methoxy groups -OCH3 is 2. The van der Waals surface area contributed by atoms with Gasteiger partial charge in [-0.3, -0.25) is 4.79 Å². The topological polar surface area (TPSA) is 82.1 Å². The van der Waals surface area contributed by atoms with Gasteiger partial charge < -0.3 is 19.1 Å². The van der Waals surface area contributed by atoms with Gasteiger partial charge in [-0.25, -0.2) is 9.59 Å². The molecule has 1 aliphatic heterocycles. The van der Waals surface area contributed by atoms with Gasteiger partial charge in [0.1, 0.15) is 12.4 Å². The van der Waals surface area contributed by atoms with Gasteiger partial charge in [-0.15, -0.1) is 11.6 Å². The van der Waals surface area contributed by atoms with E-state index in [1.807, 2.05) is 0 Å². The first-order valence-electron chi connectivity index (χ1n) is 7.58. The highest BCUT2D eigenvalue weighted by atomic mass is 79.9. The Labute approximate surface area is 164 Å². The van der Waals surface area contributed by atoms with Crippen molar-refractivity contribution in [2.75, 3.05) is 38.3 Å². The number of carbonyl (C=O) groups is 3. The molecule has 1 heterocycles. The van der Waals surface area contributed by atoms with Gasteiger partial charge in [-0.2, -0.15) is 0 Å². The maximum Gasteiger partial charge on any atom is 0.355 e. The van der Waals surface area contributed by atoms with E-state index in [1.165, 1.54) is 19.1 Å². The molecule has 0 spiro atoms. The summed E-state index contributed by atoms with van der Waals surface area (Å²) in [5.74, 6) is -1.47. The van der Waals surface area contributed by atoms with Gasteiger partial charge >= 0.3 is 11.9 Å². The largest absolute Gasteiger partial charge is 0.466 e. The van der Waals surface area contributed by atoms with Crippen LogP contribution in [0.5, 0.6) is 0 Å². The van der Waals surface area contributed by atoms with Crippen LogP contribution in [-0.4, -0.2) is 51.2 Å². The minimum absolute atomic E-state index is 0.0151. The molecule has 0 unspecified atom stereocenters. The summed E-state index contributed by atoms with van der Waals surface area (Å²) in [6.45, 7) is -0.144. The quantitative estimate of drug-likeness (QED) is 0.377. The van der Waals surface area contributed by atoms with Crippen LogP contribution in [0.3, 0.4) is 0 Å². The minimum atomic E-state index is -0.732. The van der Waals surface area contributed by atoms with Gasteiger partial charge in [0.15, 0.2) is 5.78 Å². The van der Waals surface area contributed by atoms with Crippen LogP contribution < -0.4 is 4.90 Å². The Kier molecular flexibility index (Phi) is 7.19. The number of benzene rings is 1. The van der Waals surface area contributed by atoms with Crippen LogP contribution in [0.2, 0.25) is 0 Å². The zero-order valence-corrected chi connectivity index (χ0v) is 16.6. The Morgan fingerprint density at radius 3 is 2.54 bits per heavy atom. The number of esters is 2. The van der Waals surface area contributed by atoms with Crippen LogP contribution in [0.1, 0.15) is 16.8 Å². The Morgan fingerprint density at radius 1 is 1.23 bits per heavy atom. The standard InChI is InChI=1S/C17H17BrClNO6/c1-24-16(22)12-8-26-9-20(15(12)17(23)25-2)13-7-10(18)3-4-11(13)14(21)5-6-19/h3-4,7H,5-6,8-9H2,1-2H3. The van der Waals surface area contributed by atoms with Gasteiger partial charge in [0.25, 0.3) is 0 Å². The molecule has 140 valence electrons. The van der Waals surface area contributed by atoms with Crippen molar-refractivity contribution in [3.8, 4) is 0 Å². The molecule has 0 bridgehead atoms. The van der Waals surface area contributed by atoms with E-state index in [9.17, 15) is 14.4 Å². The number of carbonyl (C=O) groups excluding carboxylic acids is 3. The lowest BCUT2D eigenvalue weighted by Crippen LogP contribution is -2.39. The lowest BCUT2D eigenvalue weighted by atomic mass is 10.0. The molecule has 0 saturated carbocycles. The fourth-order valence-corrected chi connectivity index (χ4v) is 3.04. The Bertz CT molecular complexity index is 764. The van der Waals surface area contributed by atoms with Crippen molar-refractivity contribution in [3.63, 3.8) is 0 Å². The molecule has 0 saturated heterocycles. The lowest BCUT2D eigenvalue weighted by molar-refractivity contribution is -0.140. The molecule has 0 fully saturated rings. The molecule has 2 rings (SSSR count). The highest BCUT2D eigenvalue weighted by Crippen LogP contribution is 2.32. The van der Waals surface area contributed by atoms with Crippen molar-refractivity contribution < 1.29 is 28.6 Å². The van der Waals surface area contributed by atoms with Crippen molar-refractivity contribution in [1.82, 2.24) is 0 Å². The number of ether oxygens (including phenoxy) is 3. The highest BCUT2D eigenvalue weighted by Gasteiger charge is 2.34. The van der Waals surface area contributed by atoms with Crippen LogP contribution in [0.25, 0.3) is 0 Å². The molecule has 0 radical (unpaired) electrons. The van der Waals surface area contributed by atoms with E-state index < -0.39 is 11.9 Å². The Balaban J connectivity index is 2.65. The molecule has 1 aromatic rings. The first kappa shape index (κ1) is 20.4. The number of ketones is 1. The fraction of sp³-hybridized carbons (Fsp3) is 0.353. The maximum absolute atomic E-state index is 12.4. The fourth-order valence-electron chi connectivity index (χ4n) is 2.52. The first-order chi connectivity index (χ1) is 12.4. The van der Waals surface area contributed by atoms with Crippen molar-refractivity contribution in [1.29, 1.82) is 0 Å². The molecule has 7 nitrogen and oxygen atoms in total. The van der Waals surface area contributed by atoms with Gasteiger partial charge in [0.05, 0.1) is 32.1 Å². The van der Waals surface area contributed by atoms with Crippen molar-refractivity contribution in [2.45, 2.75) is 6.42 Å². The van der Waals surface area contributed by atoms with E-state index in [1.54, 1.807) is 18.2 Å². The van der Waals surface area contributed by atoms with E-state index >= 15 is 0 Å². The summed E-state index contributed by atoms with van der Waals surface area (Å²) in [6.07, 6.45) is 0.131. The molecule has 0 amide bonds. The molecule has 1 aliphatic rings. The molecule has 1 aromatic carbocycles. The van der Waals surface area contributed by atoms with Crippen molar-refractivity contribution in [3.05, 3.63) is 39.5 Å². The average Bonchev–Trinajstić information content (AvgIpc) is 2.66. The first-order valence-corrected chi connectivity index (χ1v) is 8.91. The van der Waals surface area contributed by atoms with Gasteiger partial charge in [-0.05, 0) is 18.2 Å². The molecule has 0 N–H and O–H groups in total. The summed E-state index contributed by atoms with van der Waals surface area (Å²) in [7, 11) is 2.41. The number of alkyl halides is 1. The van der Waals surface area contributed by atoms with Crippen molar-refractivity contribution >= 4 is 50.9 Å². The predicted molar refractivity (Wildman–Crippen MR) is 98.2 cm³/mol. The number of nitrogens with zero attached hydrogens (tertiary/aromatic N) is 1. The van der Waals surface area contributed by atoms with E-state index in [-0.39, 0.29) is 42.7 Å². The molecule has 0 aliphatic carbocycles. The van der Waals surface area contributed by atoms with E-state index in [2.05, 4.69) is 15.9 Å². The monoisotopic (exact) mass is 445 g/mol. The number of rotatable bonds is 6. The third-order valence-corrected chi connectivity index (χ3v) is 4.39. The molecule has 9 heteroatoms. The zero-order chi connectivity index (χ0) is 19.3. The third kappa shape index (κ3) is 4.25. The summed E-state index contributed by atoms with van der Waals surface area (Å²) < 4.78 is 15.7. The zero-order valence-electron chi connectivity index (χ0n) is 14.2. The van der Waals surface area contributed by atoms with E-state index in [4.69, 9.17) is 25.8 Å². The smallest absolute Gasteiger partial charge is 0.355 e. The SMILES string of the molecule is COC(=O)C1=C(C(=O)OC)N(c2cc(Br)ccc2C(=O)CCCl)COC1. The molecular formula is C17H17BrClNO6. The summed E-state index contributed by atoms with van der Waals surface area (Å²) >= 11 is 9.04. The number of hydrogen-bond donors (Lipinski definition) is 0. The summed E-state index contributed by atoms with van der Waals surface area (Å²) in [6, 6.07) is 4.99. The second-order valence-electron chi connectivity index (χ2n) is 5.24. The second kappa shape index (κ2) is 9.16. The summed E-state index contributed by atoms with van der Waals surface area (Å²) in [5, 5.41) is 0. The number of anilines is 1. The molecule has 26 heavy (non-hydrogen) atoms. The average molecular weight is 447 g/mol.